The molecule has 2 aliphatic rings. The Hall–Kier alpha value is -0.210. The number of fused-ring (bicyclic) bond motifs is 2. The summed E-state index contributed by atoms with van der Waals surface area (Å²) in [5.41, 5.74) is 0. The Morgan fingerprint density at radius 3 is 2.56 bits per heavy atom. The SMILES string of the molecule is Fc1c2ccc(Cl)c1S2. The van der Waals surface area contributed by atoms with Crippen LogP contribution in [0.15, 0.2) is 21.9 Å². The van der Waals surface area contributed by atoms with Gasteiger partial charge >= 0.3 is 0 Å². The molecule has 0 spiro atoms. The minimum Gasteiger partial charge on any atom is -0.204 e. The van der Waals surface area contributed by atoms with E-state index in [0.29, 0.717) is 14.8 Å². The van der Waals surface area contributed by atoms with Gasteiger partial charge in [-0.3, -0.25) is 0 Å². The first-order chi connectivity index (χ1) is 4.29. The van der Waals surface area contributed by atoms with E-state index in [1.807, 2.05) is 0 Å². The van der Waals surface area contributed by atoms with Crippen LogP contribution >= 0.6 is 23.4 Å². The zero-order valence-corrected chi connectivity index (χ0v) is 5.89. The van der Waals surface area contributed by atoms with Crippen molar-refractivity contribution < 1.29 is 4.39 Å². The molecule has 0 N–H and O–H groups in total. The summed E-state index contributed by atoms with van der Waals surface area (Å²) in [4.78, 5) is 1.29. The maximum Gasteiger partial charge on any atom is 0.152 e. The largest absolute Gasteiger partial charge is 0.204 e. The summed E-state index contributed by atoms with van der Waals surface area (Å²) in [7, 11) is 0. The van der Waals surface area contributed by atoms with Gasteiger partial charge in [0.05, 0.1) is 9.92 Å². The van der Waals surface area contributed by atoms with Crippen molar-refractivity contribution in [2.45, 2.75) is 9.79 Å². The van der Waals surface area contributed by atoms with Gasteiger partial charge < -0.3 is 0 Å². The molecule has 0 aromatic heterocycles. The van der Waals surface area contributed by atoms with Crippen LogP contribution in [0.4, 0.5) is 4.39 Å². The van der Waals surface area contributed by atoms with Crippen LogP contribution in [0.1, 0.15) is 0 Å². The van der Waals surface area contributed by atoms with Crippen LogP contribution in [-0.4, -0.2) is 0 Å². The fraction of sp³-hybridized carbons (Fsp3) is 0. The van der Waals surface area contributed by atoms with Gasteiger partial charge in [0.1, 0.15) is 0 Å². The minimum absolute atomic E-state index is 0.146. The molecule has 0 fully saturated rings. The molecule has 2 bridgehead atoms. The van der Waals surface area contributed by atoms with Crippen molar-refractivity contribution in [2.24, 2.45) is 0 Å². The van der Waals surface area contributed by atoms with Gasteiger partial charge in [0.15, 0.2) is 5.82 Å². The molecule has 0 amide bonds. The quantitative estimate of drug-likeness (QED) is 0.571. The van der Waals surface area contributed by atoms with E-state index in [1.54, 1.807) is 12.1 Å². The third kappa shape index (κ3) is 0.604. The zero-order valence-electron chi connectivity index (χ0n) is 4.32. The van der Waals surface area contributed by atoms with Crippen molar-refractivity contribution in [3.63, 3.8) is 0 Å². The molecule has 3 heteroatoms. The highest BCUT2D eigenvalue weighted by molar-refractivity contribution is 8.00. The van der Waals surface area contributed by atoms with Gasteiger partial charge in [-0.05, 0) is 12.1 Å². The average Bonchev–Trinajstić information content (AvgIpc) is 1.86. The van der Waals surface area contributed by atoms with E-state index < -0.39 is 0 Å². The lowest BCUT2D eigenvalue weighted by atomic mass is 10.3. The van der Waals surface area contributed by atoms with Crippen LogP contribution in [0.3, 0.4) is 0 Å². The Bertz CT molecular complexity index is 265. The van der Waals surface area contributed by atoms with Crippen molar-refractivity contribution in [3.8, 4) is 0 Å². The van der Waals surface area contributed by atoms with E-state index in [0.717, 1.165) is 0 Å². The lowest BCUT2D eigenvalue weighted by Crippen LogP contribution is -1.95. The maximum atomic E-state index is 12.5. The van der Waals surface area contributed by atoms with Crippen LogP contribution in [0.25, 0.3) is 0 Å². The molecule has 0 saturated heterocycles. The molecule has 0 aliphatic carbocycles. The van der Waals surface area contributed by atoms with Gasteiger partial charge in [0, 0.05) is 4.90 Å². The summed E-state index contributed by atoms with van der Waals surface area (Å²) in [6.07, 6.45) is 0. The van der Waals surface area contributed by atoms with Crippen LogP contribution < -0.4 is 0 Å². The molecule has 9 heavy (non-hydrogen) atoms. The van der Waals surface area contributed by atoms with E-state index in [2.05, 4.69) is 0 Å². The Morgan fingerprint density at radius 1 is 1.44 bits per heavy atom. The van der Waals surface area contributed by atoms with E-state index in [4.69, 9.17) is 11.6 Å². The molecule has 0 saturated carbocycles. The molecule has 3 rings (SSSR count). The van der Waals surface area contributed by atoms with Crippen molar-refractivity contribution >= 4 is 23.4 Å². The predicted octanol–water partition coefficient (Wildman–Crippen LogP) is 2.94. The molecule has 0 radical (unpaired) electrons. The fourth-order valence-electron chi connectivity index (χ4n) is 0.750. The molecule has 2 aliphatic heterocycles. The first-order valence-corrected chi connectivity index (χ1v) is 3.64. The first kappa shape index (κ1) is 5.57. The van der Waals surface area contributed by atoms with E-state index >= 15 is 0 Å². The van der Waals surface area contributed by atoms with Gasteiger partial charge in [0.25, 0.3) is 0 Å². The van der Waals surface area contributed by atoms with Gasteiger partial charge in [-0.2, -0.15) is 0 Å². The summed E-state index contributed by atoms with van der Waals surface area (Å²) >= 11 is 6.99. The van der Waals surface area contributed by atoms with Crippen molar-refractivity contribution in [1.82, 2.24) is 0 Å². The molecule has 1 aromatic carbocycles. The average molecular weight is 161 g/mol. The maximum absolute atomic E-state index is 12.5. The number of rotatable bonds is 0. The van der Waals surface area contributed by atoms with Crippen LogP contribution in [0, 0.1) is 5.82 Å². The Morgan fingerprint density at radius 2 is 2.22 bits per heavy atom. The topological polar surface area (TPSA) is 0 Å². The number of hydrogen-bond acceptors (Lipinski definition) is 1. The standard InChI is InChI=1S/C6H2ClFS/c7-3-1-2-4-5(8)6(3)9-4/h1-2H. The highest BCUT2D eigenvalue weighted by atomic mass is 35.5. The summed E-state index contributed by atoms with van der Waals surface area (Å²) in [5.74, 6) is -0.146. The van der Waals surface area contributed by atoms with Gasteiger partial charge in [-0.15, -0.1) is 0 Å². The van der Waals surface area contributed by atoms with Crippen molar-refractivity contribution in [3.05, 3.63) is 23.0 Å². The van der Waals surface area contributed by atoms with Crippen molar-refractivity contribution in [2.75, 3.05) is 0 Å². The molecular weight excluding hydrogens is 159 g/mol. The lowest BCUT2D eigenvalue weighted by Gasteiger charge is -2.16. The zero-order chi connectivity index (χ0) is 6.43. The third-order valence-electron chi connectivity index (χ3n) is 1.23. The second-order valence-electron chi connectivity index (χ2n) is 1.79. The highest BCUT2D eigenvalue weighted by Crippen LogP contribution is 2.47. The highest BCUT2D eigenvalue weighted by Gasteiger charge is 2.23. The molecule has 0 unspecified atom stereocenters. The van der Waals surface area contributed by atoms with E-state index in [9.17, 15) is 4.39 Å². The van der Waals surface area contributed by atoms with Crippen LogP contribution in [0.2, 0.25) is 5.02 Å². The third-order valence-corrected chi connectivity index (χ3v) is 2.79. The van der Waals surface area contributed by atoms with Gasteiger partial charge in [-0.1, -0.05) is 23.4 Å². The second-order valence-corrected chi connectivity index (χ2v) is 3.25. The molecular formula is C6H2ClFS. The van der Waals surface area contributed by atoms with Crippen LogP contribution in [-0.2, 0) is 0 Å². The summed E-state index contributed by atoms with van der Waals surface area (Å²) in [5, 5.41) is 0.521. The van der Waals surface area contributed by atoms with Gasteiger partial charge in [-0.25, -0.2) is 4.39 Å². The Balaban J connectivity index is 2.74. The molecule has 0 nitrogen and oxygen atoms in total. The smallest absolute Gasteiger partial charge is 0.152 e. The van der Waals surface area contributed by atoms with E-state index in [1.165, 1.54) is 11.8 Å². The number of benzene rings is 1. The predicted molar refractivity (Wildman–Crippen MR) is 35.5 cm³/mol. The number of halogens is 2. The molecule has 46 valence electrons. The molecule has 1 aromatic rings. The normalized spacial score (nSPS) is 13.1. The van der Waals surface area contributed by atoms with Crippen molar-refractivity contribution in [1.29, 1.82) is 0 Å². The number of hydrogen-bond donors (Lipinski definition) is 0. The Labute approximate surface area is 61.0 Å². The first-order valence-electron chi connectivity index (χ1n) is 2.45. The molecule has 2 heterocycles. The van der Waals surface area contributed by atoms with Gasteiger partial charge in [0.2, 0.25) is 0 Å². The minimum atomic E-state index is -0.146. The summed E-state index contributed by atoms with van der Waals surface area (Å²) in [6.45, 7) is 0. The molecule has 0 atom stereocenters. The monoisotopic (exact) mass is 160 g/mol. The fourth-order valence-corrected chi connectivity index (χ4v) is 1.77. The second kappa shape index (κ2) is 1.64. The Kier molecular flexibility index (Phi) is 1.02. The van der Waals surface area contributed by atoms with Crippen LogP contribution in [0.5, 0.6) is 0 Å². The summed E-state index contributed by atoms with van der Waals surface area (Å²) < 4.78 is 12.5. The van der Waals surface area contributed by atoms with E-state index in [-0.39, 0.29) is 5.82 Å². The lowest BCUT2D eigenvalue weighted by molar-refractivity contribution is 0.562. The summed E-state index contributed by atoms with van der Waals surface area (Å²) in [6, 6.07) is 3.40.